The van der Waals surface area contributed by atoms with Gasteiger partial charge in [0.1, 0.15) is 16.9 Å². The van der Waals surface area contributed by atoms with Crippen molar-refractivity contribution in [2.75, 3.05) is 5.32 Å². The van der Waals surface area contributed by atoms with Gasteiger partial charge in [-0.25, -0.2) is 9.97 Å². The fourth-order valence-corrected chi connectivity index (χ4v) is 6.00. The zero-order valence-electron chi connectivity index (χ0n) is 20.7. The number of rotatable bonds is 5. The SMILES string of the molecule is Cc1ccc(-c2nccc3[nH]c(-c4[nH]nc5ncc(-c6cncc(NC(=O)C7CCCC7)c6)cc45)nc23)s1. The standard InChI is InChI=1S/C28H24N8OS/c1-15-6-7-22(38-15)25-24-21(8-9-30-25)33-27(34-24)23-20-11-18(13-31-26(20)36-35-23)17-10-19(14-29-12-17)32-28(37)16-4-2-3-5-16/h6-14,16H,2-5H2,1H3,(H,32,37)(H,33,34)(H,31,35,36). The second kappa shape index (κ2) is 9.14. The number of thiophene rings is 1. The Morgan fingerprint density at radius 2 is 1.92 bits per heavy atom. The third-order valence-corrected chi connectivity index (χ3v) is 8.09. The van der Waals surface area contributed by atoms with Crippen LogP contribution >= 0.6 is 11.3 Å². The van der Waals surface area contributed by atoms with E-state index in [4.69, 9.17) is 4.98 Å². The molecule has 9 nitrogen and oxygen atoms in total. The Morgan fingerprint density at radius 1 is 1.05 bits per heavy atom. The number of hydrogen-bond donors (Lipinski definition) is 3. The molecule has 6 aromatic heterocycles. The first-order chi connectivity index (χ1) is 18.6. The molecule has 0 aromatic carbocycles. The highest BCUT2D eigenvalue weighted by Gasteiger charge is 2.23. The summed E-state index contributed by atoms with van der Waals surface area (Å²) < 4.78 is 0. The summed E-state index contributed by atoms with van der Waals surface area (Å²) in [5, 5.41) is 11.4. The largest absolute Gasteiger partial charge is 0.337 e. The number of imidazole rings is 1. The molecule has 6 heterocycles. The van der Waals surface area contributed by atoms with Gasteiger partial charge >= 0.3 is 0 Å². The molecule has 0 atom stereocenters. The zero-order valence-corrected chi connectivity index (χ0v) is 21.5. The second-order valence-electron chi connectivity index (χ2n) is 9.68. The molecule has 1 aliphatic carbocycles. The molecule has 7 rings (SSSR count). The number of anilines is 1. The molecular formula is C28H24N8OS. The van der Waals surface area contributed by atoms with Crippen LogP contribution in [0, 0.1) is 12.8 Å². The van der Waals surface area contributed by atoms with Gasteiger partial charge in [0.25, 0.3) is 0 Å². The van der Waals surface area contributed by atoms with Crippen LogP contribution in [0.3, 0.4) is 0 Å². The first-order valence-electron chi connectivity index (χ1n) is 12.6. The molecule has 0 unspecified atom stereocenters. The summed E-state index contributed by atoms with van der Waals surface area (Å²) in [6, 6.07) is 10.1. The third kappa shape index (κ3) is 4.03. The molecule has 0 bridgehead atoms. The van der Waals surface area contributed by atoms with Crippen molar-refractivity contribution in [3.05, 3.63) is 60.0 Å². The summed E-state index contributed by atoms with van der Waals surface area (Å²) in [6.45, 7) is 2.08. The average Bonchev–Trinajstić information content (AvgIpc) is 3.74. The fraction of sp³-hybridized carbons (Fsp3) is 0.214. The quantitative estimate of drug-likeness (QED) is 0.251. The Hall–Kier alpha value is -4.44. The van der Waals surface area contributed by atoms with Gasteiger partial charge in [0, 0.05) is 40.5 Å². The van der Waals surface area contributed by atoms with Crippen LogP contribution in [0.4, 0.5) is 5.69 Å². The van der Waals surface area contributed by atoms with Crippen LogP contribution in [-0.2, 0) is 4.79 Å². The predicted molar refractivity (Wildman–Crippen MR) is 149 cm³/mol. The van der Waals surface area contributed by atoms with E-state index < -0.39 is 0 Å². The van der Waals surface area contributed by atoms with Gasteiger partial charge in [-0.3, -0.25) is 19.9 Å². The summed E-state index contributed by atoms with van der Waals surface area (Å²) in [6.07, 6.45) is 11.2. The van der Waals surface area contributed by atoms with E-state index in [9.17, 15) is 4.79 Å². The molecule has 188 valence electrons. The minimum atomic E-state index is 0.0728. The number of aryl methyl sites for hydroxylation is 1. The van der Waals surface area contributed by atoms with Crippen molar-refractivity contribution in [3.8, 4) is 33.2 Å². The van der Waals surface area contributed by atoms with E-state index >= 15 is 0 Å². The number of nitrogens with zero attached hydrogens (tertiary/aromatic N) is 5. The van der Waals surface area contributed by atoms with Gasteiger partial charge < -0.3 is 10.3 Å². The van der Waals surface area contributed by atoms with E-state index in [0.29, 0.717) is 17.2 Å². The number of fused-ring (bicyclic) bond motifs is 2. The monoisotopic (exact) mass is 520 g/mol. The molecule has 0 spiro atoms. The van der Waals surface area contributed by atoms with E-state index in [1.165, 1.54) is 4.88 Å². The molecule has 0 aliphatic heterocycles. The number of nitrogens with one attached hydrogen (secondary N) is 3. The van der Waals surface area contributed by atoms with Gasteiger partial charge in [0.2, 0.25) is 5.91 Å². The highest BCUT2D eigenvalue weighted by Crippen LogP contribution is 2.34. The van der Waals surface area contributed by atoms with Gasteiger partial charge in [-0.1, -0.05) is 12.8 Å². The Morgan fingerprint density at radius 3 is 2.76 bits per heavy atom. The van der Waals surface area contributed by atoms with Crippen LogP contribution in [0.5, 0.6) is 0 Å². The Labute approximate surface area is 221 Å². The van der Waals surface area contributed by atoms with Gasteiger partial charge in [-0.2, -0.15) is 5.10 Å². The van der Waals surface area contributed by atoms with Crippen molar-refractivity contribution >= 4 is 45.0 Å². The zero-order chi connectivity index (χ0) is 25.6. The maximum atomic E-state index is 12.6. The number of aromatic amines is 2. The van der Waals surface area contributed by atoms with Crippen LogP contribution in [-0.4, -0.2) is 41.0 Å². The van der Waals surface area contributed by atoms with Crippen molar-refractivity contribution in [2.45, 2.75) is 32.6 Å². The lowest BCUT2D eigenvalue weighted by molar-refractivity contribution is -0.119. The summed E-state index contributed by atoms with van der Waals surface area (Å²) in [5.41, 5.74) is 6.33. The highest BCUT2D eigenvalue weighted by molar-refractivity contribution is 7.15. The van der Waals surface area contributed by atoms with E-state index in [1.807, 2.05) is 18.2 Å². The van der Waals surface area contributed by atoms with Crippen LogP contribution in [0.1, 0.15) is 30.6 Å². The van der Waals surface area contributed by atoms with Crippen molar-refractivity contribution < 1.29 is 4.79 Å². The number of H-pyrrole nitrogens is 2. The summed E-state index contributed by atoms with van der Waals surface area (Å²) in [4.78, 5) is 36.8. The number of pyridine rings is 3. The van der Waals surface area contributed by atoms with Gasteiger partial charge in [0.15, 0.2) is 11.5 Å². The molecule has 1 saturated carbocycles. The minimum Gasteiger partial charge on any atom is -0.337 e. The van der Waals surface area contributed by atoms with Gasteiger partial charge in [-0.15, -0.1) is 11.3 Å². The first-order valence-corrected chi connectivity index (χ1v) is 13.5. The van der Waals surface area contributed by atoms with Crippen LogP contribution < -0.4 is 5.32 Å². The van der Waals surface area contributed by atoms with Crippen molar-refractivity contribution in [1.82, 2.24) is 35.1 Å². The highest BCUT2D eigenvalue weighted by atomic mass is 32.1. The lowest BCUT2D eigenvalue weighted by Gasteiger charge is -2.11. The molecule has 6 aromatic rings. The number of hydrogen-bond acceptors (Lipinski definition) is 7. The molecule has 3 N–H and O–H groups in total. The van der Waals surface area contributed by atoms with E-state index in [2.05, 4.69) is 54.5 Å². The van der Waals surface area contributed by atoms with Crippen LogP contribution in [0.25, 0.3) is 55.3 Å². The molecular weight excluding hydrogens is 496 g/mol. The van der Waals surface area contributed by atoms with E-state index in [0.717, 1.165) is 69.5 Å². The topological polar surface area (TPSA) is 125 Å². The number of amides is 1. The van der Waals surface area contributed by atoms with Gasteiger partial charge in [0.05, 0.1) is 27.7 Å². The number of aromatic nitrogens is 7. The van der Waals surface area contributed by atoms with Crippen molar-refractivity contribution in [3.63, 3.8) is 0 Å². The van der Waals surface area contributed by atoms with E-state index in [1.54, 1.807) is 36.1 Å². The summed E-state index contributed by atoms with van der Waals surface area (Å²) >= 11 is 1.70. The molecule has 10 heteroatoms. The molecule has 0 radical (unpaired) electrons. The normalized spacial score (nSPS) is 14.0. The first kappa shape index (κ1) is 22.7. The molecule has 1 amide bonds. The fourth-order valence-electron chi connectivity index (χ4n) is 5.13. The molecule has 1 aliphatic rings. The predicted octanol–water partition coefficient (Wildman–Crippen LogP) is 6.12. The summed E-state index contributed by atoms with van der Waals surface area (Å²) in [7, 11) is 0. The average molecular weight is 521 g/mol. The van der Waals surface area contributed by atoms with Crippen molar-refractivity contribution in [2.24, 2.45) is 5.92 Å². The molecule has 38 heavy (non-hydrogen) atoms. The smallest absolute Gasteiger partial charge is 0.227 e. The van der Waals surface area contributed by atoms with Gasteiger partial charge in [-0.05, 0) is 50.1 Å². The lowest BCUT2D eigenvalue weighted by Crippen LogP contribution is -2.20. The third-order valence-electron chi connectivity index (χ3n) is 7.09. The maximum absolute atomic E-state index is 12.6. The molecule has 0 saturated heterocycles. The van der Waals surface area contributed by atoms with E-state index in [-0.39, 0.29) is 11.8 Å². The molecule has 1 fully saturated rings. The van der Waals surface area contributed by atoms with Crippen LogP contribution in [0.15, 0.2) is 55.1 Å². The van der Waals surface area contributed by atoms with Crippen LogP contribution in [0.2, 0.25) is 0 Å². The number of carbonyl (C=O) groups excluding carboxylic acids is 1. The maximum Gasteiger partial charge on any atom is 0.227 e. The van der Waals surface area contributed by atoms with Crippen molar-refractivity contribution in [1.29, 1.82) is 0 Å². The lowest BCUT2D eigenvalue weighted by atomic mass is 10.1. The Bertz CT molecular complexity index is 1810. The minimum absolute atomic E-state index is 0.0728. The summed E-state index contributed by atoms with van der Waals surface area (Å²) in [5.74, 6) is 0.830. The number of carbonyl (C=O) groups is 1. The second-order valence-corrected chi connectivity index (χ2v) is 11.0. The Kier molecular flexibility index (Phi) is 5.47. The Balaban J connectivity index is 1.24.